The van der Waals surface area contributed by atoms with Gasteiger partial charge in [0.15, 0.2) is 0 Å². The van der Waals surface area contributed by atoms with Crippen LogP contribution in [0.3, 0.4) is 0 Å². The Balaban J connectivity index is 4.62. The summed E-state index contributed by atoms with van der Waals surface area (Å²) in [6.45, 7) is 6.89. The number of esters is 1. The van der Waals surface area contributed by atoms with Gasteiger partial charge in [0.2, 0.25) is 5.91 Å². The number of carboxylic acid groups (broad SMARTS) is 1. The molecule has 4 N–H and O–H groups in total. The van der Waals surface area contributed by atoms with Gasteiger partial charge in [-0.15, -0.1) is 0 Å². The summed E-state index contributed by atoms with van der Waals surface area (Å²) >= 11 is 0. The molecule has 2 atom stereocenters. The fourth-order valence-corrected chi connectivity index (χ4v) is 1.34. The molecule has 19 heavy (non-hydrogen) atoms. The van der Waals surface area contributed by atoms with E-state index in [1.54, 1.807) is 27.7 Å². The van der Waals surface area contributed by atoms with Gasteiger partial charge in [0.25, 0.3) is 0 Å². The topological polar surface area (TPSA) is 119 Å². The molecule has 0 bridgehead atoms. The van der Waals surface area contributed by atoms with E-state index in [2.05, 4.69) is 5.32 Å². The first-order valence-corrected chi connectivity index (χ1v) is 6.13. The number of nitrogens with two attached hydrogens (primary N) is 1. The standard InChI is InChI=1S/C12H22N2O5/c1-6(2)10(12(18)19-7(3)4)14-11(17)8(13)5-9(15)16/h6-8,10H,5,13H2,1-4H3,(H,14,17)(H,15,16)/t8-,10+/m1/s1. The Morgan fingerprint density at radius 2 is 1.74 bits per heavy atom. The minimum atomic E-state index is -1.19. The van der Waals surface area contributed by atoms with E-state index >= 15 is 0 Å². The van der Waals surface area contributed by atoms with Crippen LogP contribution in [0.2, 0.25) is 0 Å². The van der Waals surface area contributed by atoms with Gasteiger partial charge in [-0.1, -0.05) is 13.8 Å². The molecule has 0 aromatic carbocycles. The van der Waals surface area contributed by atoms with Crippen molar-refractivity contribution >= 4 is 17.8 Å². The van der Waals surface area contributed by atoms with Crippen LogP contribution in [0.25, 0.3) is 0 Å². The lowest BCUT2D eigenvalue weighted by Gasteiger charge is -2.23. The number of ether oxygens (including phenoxy) is 1. The van der Waals surface area contributed by atoms with Gasteiger partial charge >= 0.3 is 11.9 Å². The second kappa shape index (κ2) is 7.73. The van der Waals surface area contributed by atoms with Gasteiger partial charge in [0, 0.05) is 0 Å². The molecule has 0 saturated carbocycles. The van der Waals surface area contributed by atoms with E-state index in [9.17, 15) is 14.4 Å². The summed E-state index contributed by atoms with van der Waals surface area (Å²) in [5.41, 5.74) is 5.42. The fraction of sp³-hybridized carbons (Fsp3) is 0.750. The molecule has 0 aliphatic carbocycles. The third kappa shape index (κ3) is 6.76. The average Bonchev–Trinajstić information content (AvgIpc) is 2.22. The van der Waals surface area contributed by atoms with Gasteiger partial charge in [-0.2, -0.15) is 0 Å². The maximum atomic E-state index is 11.8. The van der Waals surface area contributed by atoms with Crippen LogP contribution in [0.4, 0.5) is 0 Å². The number of hydrogen-bond acceptors (Lipinski definition) is 5. The van der Waals surface area contributed by atoms with E-state index in [1.807, 2.05) is 0 Å². The number of hydrogen-bond donors (Lipinski definition) is 3. The largest absolute Gasteiger partial charge is 0.481 e. The van der Waals surface area contributed by atoms with Crippen molar-refractivity contribution < 1.29 is 24.2 Å². The third-order valence-electron chi connectivity index (χ3n) is 2.30. The molecule has 0 aliphatic heterocycles. The Bertz CT molecular complexity index is 341. The van der Waals surface area contributed by atoms with E-state index in [-0.39, 0.29) is 12.0 Å². The predicted molar refractivity (Wildman–Crippen MR) is 68.2 cm³/mol. The van der Waals surface area contributed by atoms with Crippen molar-refractivity contribution in [1.29, 1.82) is 0 Å². The van der Waals surface area contributed by atoms with E-state index in [0.717, 1.165) is 0 Å². The van der Waals surface area contributed by atoms with Crippen LogP contribution in [0.15, 0.2) is 0 Å². The van der Waals surface area contributed by atoms with Crippen molar-refractivity contribution in [3.8, 4) is 0 Å². The molecule has 0 rings (SSSR count). The Kier molecular flexibility index (Phi) is 7.06. The number of amides is 1. The number of carbonyl (C=O) groups is 3. The van der Waals surface area contributed by atoms with Gasteiger partial charge in [-0.25, -0.2) is 4.79 Å². The van der Waals surface area contributed by atoms with Crippen LogP contribution < -0.4 is 11.1 Å². The lowest BCUT2D eigenvalue weighted by Crippen LogP contribution is -2.51. The Hall–Kier alpha value is -1.63. The second-order valence-electron chi connectivity index (χ2n) is 4.92. The zero-order chi connectivity index (χ0) is 15.2. The van der Waals surface area contributed by atoms with E-state index in [0.29, 0.717) is 0 Å². The maximum absolute atomic E-state index is 11.8. The minimum absolute atomic E-state index is 0.188. The predicted octanol–water partition coefficient (Wildman–Crippen LogP) is -0.119. The van der Waals surface area contributed by atoms with Crippen LogP contribution in [-0.4, -0.2) is 41.1 Å². The molecule has 1 amide bonds. The number of nitrogens with one attached hydrogen (secondary N) is 1. The van der Waals surface area contributed by atoms with Crippen molar-refractivity contribution in [1.82, 2.24) is 5.32 Å². The maximum Gasteiger partial charge on any atom is 0.329 e. The number of aliphatic carboxylic acids is 1. The zero-order valence-electron chi connectivity index (χ0n) is 11.7. The van der Waals surface area contributed by atoms with Crippen molar-refractivity contribution in [3.05, 3.63) is 0 Å². The molecule has 0 heterocycles. The Morgan fingerprint density at radius 1 is 1.21 bits per heavy atom. The third-order valence-corrected chi connectivity index (χ3v) is 2.30. The molecule has 0 aromatic rings. The summed E-state index contributed by atoms with van der Waals surface area (Å²) < 4.78 is 5.02. The SMILES string of the molecule is CC(C)OC(=O)[C@@H](NC(=O)[C@H](N)CC(=O)O)C(C)C. The van der Waals surface area contributed by atoms with E-state index in [4.69, 9.17) is 15.6 Å². The number of carbonyl (C=O) groups excluding carboxylic acids is 2. The summed E-state index contributed by atoms with van der Waals surface area (Å²) in [6, 6.07) is -2.03. The summed E-state index contributed by atoms with van der Waals surface area (Å²) in [5.74, 6) is -2.59. The Labute approximate surface area is 112 Å². The normalized spacial score (nSPS) is 14.1. The van der Waals surface area contributed by atoms with Crippen molar-refractivity contribution in [2.45, 2.75) is 52.3 Å². The summed E-state index contributed by atoms with van der Waals surface area (Å²) in [4.78, 5) is 33.9. The summed E-state index contributed by atoms with van der Waals surface area (Å²) in [7, 11) is 0. The molecule has 0 fully saturated rings. The van der Waals surface area contributed by atoms with Gasteiger partial charge < -0.3 is 20.9 Å². The monoisotopic (exact) mass is 274 g/mol. The van der Waals surface area contributed by atoms with Gasteiger partial charge in [-0.3, -0.25) is 9.59 Å². The highest BCUT2D eigenvalue weighted by Gasteiger charge is 2.28. The van der Waals surface area contributed by atoms with Gasteiger partial charge in [-0.05, 0) is 19.8 Å². The van der Waals surface area contributed by atoms with Crippen LogP contribution in [0.5, 0.6) is 0 Å². The number of rotatable bonds is 7. The van der Waals surface area contributed by atoms with Crippen LogP contribution in [-0.2, 0) is 19.1 Å². The van der Waals surface area contributed by atoms with E-state index in [1.165, 1.54) is 0 Å². The van der Waals surface area contributed by atoms with Crippen LogP contribution in [0, 0.1) is 5.92 Å². The molecule has 7 heteroatoms. The van der Waals surface area contributed by atoms with E-state index < -0.39 is 36.4 Å². The minimum Gasteiger partial charge on any atom is -0.481 e. The van der Waals surface area contributed by atoms with Crippen molar-refractivity contribution in [2.24, 2.45) is 11.7 Å². The number of carboxylic acids is 1. The van der Waals surface area contributed by atoms with Crippen molar-refractivity contribution in [3.63, 3.8) is 0 Å². The summed E-state index contributed by atoms with van der Waals surface area (Å²) in [5, 5.41) is 11.0. The summed E-state index contributed by atoms with van der Waals surface area (Å²) in [6.07, 6.45) is -0.783. The van der Waals surface area contributed by atoms with Gasteiger partial charge in [0.1, 0.15) is 6.04 Å². The molecule has 7 nitrogen and oxygen atoms in total. The first-order chi connectivity index (χ1) is 8.65. The molecule has 0 saturated heterocycles. The van der Waals surface area contributed by atoms with Gasteiger partial charge in [0.05, 0.1) is 18.6 Å². The fourth-order valence-electron chi connectivity index (χ4n) is 1.34. The van der Waals surface area contributed by atoms with Crippen molar-refractivity contribution in [2.75, 3.05) is 0 Å². The first-order valence-electron chi connectivity index (χ1n) is 6.13. The molecule has 0 unspecified atom stereocenters. The molecule has 0 aromatic heterocycles. The zero-order valence-corrected chi connectivity index (χ0v) is 11.7. The molecule has 0 aliphatic rings. The molecular formula is C12H22N2O5. The lowest BCUT2D eigenvalue weighted by molar-refractivity contribution is -0.153. The Morgan fingerprint density at radius 3 is 2.11 bits per heavy atom. The highest BCUT2D eigenvalue weighted by Crippen LogP contribution is 2.06. The smallest absolute Gasteiger partial charge is 0.329 e. The average molecular weight is 274 g/mol. The first kappa shape index (κ1) is 17.4. The van der Waals surface area contributed by atoms with Crippen LogP contribution in [0.1, 0.15) is 34.1 Å². The molecule has 0 spiro atoms. The highest BCUT2D eigenvalue weighted by molar-refractivity contribution is 5.89. The molecule has 110 valence electrons. The highest BCUT2D eigenvalue weighted by atomic mass is 16.5. The molecule has 0 radical (unpaired) electrons. The van der Waals surface area contributed by atoms with Crippen LogP contribution >= 0.6 is 0 Å². The molecular weight excluding hydrogens is 252 g/mol. The lowest BCUT2D eigenvalue weighted by atomic mass is 10.0. The second-order valence-corrected chi connectivity index (χ2v) is 4.92. The quantitative estimate of drug-likeness (QED) is 0.557.